The molecule has 1 fully saturated rings. The number of hydrogen-bond donors (Lipinski definition) is 4. The molecule has 0 bridgehead atoms. The predicted octanol–water partition coefficient (Wildman–Crippen LogP) is 1.27. The molecule has 0 saturated carbocycles. The van der Waals surface area contributed by atoms with Gasteiger partial charge in [-0.3, -0.25) is 10.2 Å². The van der Waals surface area contributed by atoms with Crippen LogP contribution in [0.1, 0.15) is 32.3 Å². The van der Waals surface area contributed by atoms with Gasteiger partial charge in [-0.15, -0.1) is 0 Å². The number of nitrogens with one attached hydrogen (secondary N) is 4. The fourth-order valence-corrected chi connectivity index (χ4v) is 2.47. The maximum atomic E-state index is 12.4. The highest BCUT2D eigenvalue weighted by atomic mass is 16.5. The molecule has 7 nitrogen and oxygen atoms in total. The minimum absolute atomic E-state index is 0.116. The predicted molar refractivity (Wildman–Crippen MR) is 90.7 cm³/mol. The van der Waals surface area contributed by atoms with E-state index in [9.17, 15) is 9.59 Å². The standard InChI is InChI=1S/C17H26N4O3/c1-12(2)10-14(16(22)20-15-8-9-18-21-15)19-17(23)24-11-13-6-4-3-5-7-13/h3-7,12,14-15,18,21H,8-11H2,1-2H3,(H,19,23)(H,20,22)/t14-,15-/m0/s1. The van der Waals surface area contributed by atoms with Crippen molar-refractivity contribution in [2.75, 3.05) is 6.54 Å². The summed E-state index contributed by atoms with van der Waals surface area (Å²) < 4.78 is 5.20. The Balaban J connectivity index is 1.84. The summed E-state index contributed by atoms with van der Waals surface area (Å²) in [7, 11) is 0. The van der Waals surface area contributed by atoms with E-state index in [-0.39, 0.29) is 24.6 Å². The third kappa shape index (κ3) is 6.17. The molecule has 0 unspecified atom stereocenters. The van der Waals surface area contributed by atoms with Gasteiger partial charge in [-0.25, -0.2) is 10.2 Å². The quantitative estimate of drug-likeness (QED) is 0.603. The zero-order chi connectivity index (χ0) is 17.4. The van der Waals surface area contributed by atoms with Crippen LogP contribution < -0.4 is 21.5 Å². The molecule has 1 aromatic rings. The molecule has 4 N–H and O–H groups in total. The highest BCUT2D eigenvalue weighted by Gasteiger charge is 2.25. The molecule has 0 spiro atoms. The second-order valence-electron chi connectivity index (χ2n) is 6.31. The lowest BCUT2D eigenvalue weighted by atomic mass is 10.0. The summed E-state index contributed by atoms with van der Waals surface area (Å²) in [5.41, 5.74) is 6.83. The Kier molecular flexibility index (Phi) is 7.02. The molecule has 0 aromatic heterocycles. The topological polar surface area (TPSA) is 91.5 Å². The molecule has 132 valence electrons. The number of hydrogen-bond acceptors (Lipinski definition) is 5. The van der Waals surface area contributed by atoms with Crippen LogP contribution >= 0.6 is 0 Å². The summed E-state index contributed by atoms with van der Waals surface area (Å²) in [4.78, 5) is 24.4. The van der Waals surface area contributed by atoms with Gasteiger partial charge in [0.1, 0.15) is 12.6 Å². The van der Waals surface area contributed by atoms with E-state index in [1.54, 1.807) is 0 Å². The summed E-state index contributed by atoms with van der Waals surface area (Å²) >= 11 is 0. The van der Waals surface area contributed by atoms with Crippen LogP contribution in [0.4, 0.5) is 4.79 Å². The maximum absolute atomic E-state index is 12.4. The first-order chi connectivity index (χ1) is 11.5. The van der Waals surface area contributed by atoms with Gasteiger partial charge < -0.3 is 15.4 Å². The molecule has 1 aliphatic rings. The molecule has 1 aliphatic heterocycles. The second kappa shape index (κ2) is 9.24. The normalized spacial score (nSPS) is 18.2. The number of carbonyl (C=O) groups excluding carboxylic acids is 2. The van der Waals surface area contributed by atoms with Gasteiger partial charge in [0.2, 0.25) is 5.91 Å². The van der Waals surface area contributed by atoms with E-state index in [4.69, 9.17) is 4.74 Å². The molecular formula is C17H26N4O3. The van der Waals surface area contributed by atoms with Crippen LogP contribution in [0.15, 0.2) is 30.3 Å². The van der Waals surface area contributed by atoms with E-state index in [1.165, 1.54) is 0 Å². The average molecular weight is 334 g/mol. The van der Waals surface area contributed by atoms with Crippen LogP contribution in [0.25, 0.3) is 0 Å². The minimum atomic E-state index is -0.615. The van der Waals surface area contributed by atoms with Crippen molar-refractivity contribution < 1.29 is 14.3 Å². The molecule has 1 heterocycles. The third-order valence-corrected chi connectivity index (χ3v) is 3.68. The number of amides is 2. The summed E-state index contributed by atoms with van der Waals surface area (Å²) in [6.45, 7) is 4.99. The van der Waals surface area contributed by atoms with Gasteiger partial charge in [0.15, 0.2) is 0 Å². The van der Waals surface area contributed by atoms with E-state index in [1.807, 2.05) is 44.2 Å². The van der Waals surface area contributed by atoms with Crippen LogP contribution in [0.2, 0.25) is 0 Å². The lowest BCUT2D eigenvalue weighted by molar-refractivity contribution is -0.124. The van der Waals surface area contributed by atoms with Crippen molar-refractivity contribution in [1.82, 2.24) is 21.5 Å². The Morgan fingerprint density at radius 1 is 1.29 bits per heavy atom. The van der Waals surface area contributed by atoms with E-state index in [2.05, 4.69) is 21.5 Å². The van der Waals surface area contributed by atoms with Crippen molar-refractivity contribution in [3.05, 3.63) is 35.9 Å². The highest BCUT2D eigenvalue weighted by molar-refractivity contribution is 5.85. The van der Waals surface area contributed by atoms with Gasteiger partial charge >= 0.3 is 6.09 Å². The monoisotopic (exact) mass is 334 g/mol. The molecular weight excluding hydrogens is 308 g/mol. The molecule has 0 radical (unpaired) electrons. The summed E-state index contributed by atoms with van der Waals surface area (Å²) in [5, 5.41) is 5.55. The minimum Gasteiger partial charge on any atom is -0.445 e. The Hall–Kier alpha value is -2.12. The van der Waals surface area contributed by atoms with Crippen LogP contribution in [-0.2, 0) is 16.1 Å². The van der Waals surface area contributed by atoms with Crippen molar-refractivity contribution in [3.8, 4) is 0 Å². The van der Waals surface area contributed by atoms with Crippen LogP contribution in [0, 0.1) is 5.92 Å². The van der Waals surface area contributed by atoms with E-state index in [0.29, 0.717) is 6.42 Å². The van der Waals surface area contributed by atoms with Gasteiger partial charge in [-0.2, -0.15) is 0 Å². The largest absolute Gasteiger partial charge is 0.445 e. The zero-order valence-electron chi connectivity index (χ0n) is 14.2. The van der Waals surface area contributed by atoms with Crippen LogP contribution in [0.5, 0.6) is 0 Å². The molecule has 2 rings (SSSR count). The zero-order valence-corrected chi connectivity index (χ0v) is 14.2. The van der Waals surface area contributed by atoms with Gasteiger partial charge in [-0.05, 0) is 24.3 Å². The summed E-state index contributed by atoms with van der Waals surface area (Å²) in [5.74, 6) is 0.0615. The first-order valence-electron chi connectivity index (χ1n) is 8.30. The van der Waals surface area contributed by atoms with Crippen molar-refractivity contribution in [3.63, 3.8) is 0 Å². The van der Waals surface area contributed by atoms with Crippen molar-refractivity contribution in [2.45, 2.75) is 45.5 Å². The molecule has 2 amide bonds. The fourth-order valence-electron chi connectivity index (χ4n) is 2.47. The Morgan fingerprint density at radius 3 is 2.67 bits per heavy atom. The SMILES string of the molecule is CC(C)C[C@H](NC(=O)OCc1ccccc1)C(=O)N[C@@H]1CCNN1. The molecule has 2 atom stereocenters. The smallest absolute Gasteiger partial charge is 0.408 e. The van der Waals surface area contributed by atoms with Crippen LogP contribution in [0.3, 0.4) is 0 Å². The van der Waals surface area contributed by atoms with E-state index >= 15 is 0 Å². The average Bonchev–Trinajstić information content (AvgIpc) is 3.06. The Labute approximate surface area is 142 Å². The maximum Gasteiger partial charge on any atom is 0.408 e. The van der Waals surface area contributed by atoms with Gasteiger partial charge in [0.05, 0.1) is 6.17 Å². The van der Waals surface area contributed by atoms with Gasteiger partial charge in [0, 0.05) is 6.54 Å². The number of alkyl carbamates (subject to hydrolysis) is 1. The van der Waals surface area contributed by atoms with E-state index < -0.39 is 12.1 Å². The second-order valence-corrected chi connectivity index (χ2v) is 6.31. The van der Waals surface area contributed by atoms with Crippen molar-refractivity contribution in [1.29, 1.82) is 0 Å². The lowest BCUT2D eigenvalue weighted by Gasteiger charge is -2.22. The van der Waals surface area contributed by atoms with E-state index in [0.717, 1.165) is 18.5 Å². The Morgan fingerprint density at radius 2 is 2.04 bits per heavy atom. The number of ether oxygens (including phenoxy) is 1. The number of hydrazine groups is 1. The first-order valence-corrected chi connectivity index (χ1v) is 8.30. The van der Waals surface area contributed by atoms with Crippen molar-refractivity contribution >= 4 is 12.0 Å². The molecule has 1 saturated heterocycles. The first kappa shape index (κ1) is 18.2. The van der Waals surface area contributed by atoms with Crippen LogP contribution in [-0.4, -0.2) is 30.8 Å². The number of carbonyl (C=O) groups is 2. The number of rotatable bonds is 7. The lowest BCUT2D eigenvalue weighted by Crippen LogP contribution is -2.53. The molecule has 24 heavy (non-hydrogen) atoms. The number of benzene rings is 1. The van der Waals surface area contributed by atoms with Gasteiger partial charge in [-0.1, -0.05) is 44.2 Å². The third-order valence-electron chi connectivity index (χ3n) is 3.68. The Bertz CT molecular complexity index is 530. The molecule has 1 aromatic carbocycles. The fraction of sp³-hybridized carbons (Fsp3) is 0.529. The highest BCUT2D eigenvalue weighted by Crippen LogP contribution is 2.07. The molecule has 7 heteroatoms. The molecule has 0 aliphatic carbocycles. The summed E-state index contributed by atoms with van der Waals surface area (Å²) in [6, 6.07) is 8.81. The van der Waals surface area contributed by atoms with Crippen molar-refractivity contribution in [2.24, 2.45) is 5.92 Å². The van der Waals surface area contributed by atoms with Gasteiger partial charge in [0.25, 0.3) is 0 Å². The summed E-state index contributed by atoms with van der Waals surface area (Å²) in [6.07, 6.45) is 0.650.